The molecule has 8 heteroatoms. The minimum Gasteiger partial charge on any atom is -0.327 e. The monoisotopic (exact) mass is 302 g/mol. The average molecular weight is 302 g/mol. The van der Waals surface area contributed by atoms with Crippen molar-refractivity contribution in [3.63, 3.8) is 0 Å². The van der Waals surface area contributed by atoms with Crippen molar-refractivity contribution in [3.05, 3.63) is 35.5 Å². The number of nitrogens with one attached hydrogen (secondary N) is 1. The number of anilines is 1. The lowest BCUT2D eigenvalue weighted by Crippen LogP contribution is -2.30. The summed E-state index contributed by atoms with van der Waals surface area (Å²) in [6.07, 6.45) is 5.26. The molecule has 1 aliphatic heterocycles. The van der Waals surface area contributed by atoms with Crippen LogP contribution in [0.5, 0.6) is 0 Å². The normalized spacial score (nSPS) is 16.9. The van der Waals surface area contributed by atoms with E-state index in [1.165, 1.54) is 4.90 Å². The van der Waals surface area contributed by atoms with E-state index in [1.807, 2.05) is 26.2 Å². The number of amides is 1. The second-order valence-electron chi connectivity index (χ2n) is 4.82. The summed E-state index contributed by atoms with van der Waals surface area (Å²) >= 11 is 5.26. The van der Waals surface area contributed by atoms with Gasteiger partial charge in [0.15, 0.2) is 5.11 Å². The van der Waals surface area contributed by atoms with Gasteiger partial charge in [-0.15, -0.1) is 0 Å². The van der Waals surface area contributed by atoms with Crippen molar-refractivity contribution in [3.8, 4) is 0 Å². The number of hydrogen-bond donors (Lipinski definition) is 1. The Morgan fingerprint density at radius 3 is 2.62 bits per heavy atom. The number of rotatable bonds is 2. The van der Waals surface area contributed by atoms with Crippen LogP contribution in [0.2, 0.25) is 0 Å². The van der Waals surface area contributed by atoms with Gasteiger partial charge >= 0.3 is 0 Å². The molecule has 2 aromatic heterocycles. The Hall–Kier alpha value is -2.48. The third kappa shape index (κ3) is 2.33. The van der Waals surface area contributed by atoms with Crippen LogP contribution in [0.4, 0.5) is 5.69 Å². The molecule has 0 aromatic carbocycles. The fourth-order valence-corrected chi connectivity index (χ4v) is 2.51. The van der Waals surface area contributed by atoms with Gasteiger partial charge in [-0.05, 0) is 31.3 Å². The van der Waals surface area contributed by atoms with E-state index in [-0.39, 0.29) is 5.91 Å². The molecule has 0 saturated carbocycles. The van der Waals surface area contributed by atoms with Crippen LogP contribution in [0, 0.1) is 6.92 Å². The van der Waals surface area contributed by atoms with Gasteiger partial charge in [0.2, 0.25) is 0 Å². The molecular weight excluding hydrogens is 288 g/mol. The Kier molecular flexibility index (Phi) is 3.09. The molecule has 0 aliphatic carbocycles. The van der Waals surface area contributed by atoms with Crippen LogP contribution < -0.4 is 10.2 Å². The van der Waals surface area contributed by atoms with Crippen molar-refractivity contribution in [2.45, 2.75) is 6.92 Å². The third-order valence-corrected chi connectivity index (χ3v) is 3.42. The molecule has 0 bridgehead atoms. The highest BCUT2D eigenvalue weighted by Crippen LogP contribution is 2.24. The van der Waals surface area contributed by atoms with E-state index in [4.69, 9.17) is 12.2 Å². The molecule has 1 amide bonds. The number of carbonyl (C=O) groups is 1. The summed E-state index contributed by atoms with van der Waals surface area (Å²) in [6, 6.07) is 1.82. The predicted octanol–water partition coefficient (Wildman–Crippen LogP) is 0.724. The van der Waals surface area contributed by atoms with Crippen LogP contribution in [0.25, 0.3) is 6.08 Å². The van der Waals surface area contributed by atoms with Crippen molar-refractivity contribution < 1.29 is 4.79 Å². The minimum atomic E-state index is -0.207. The highest BCUT2D eigenvalue weighted by molar-refractivity contribution is 7.80. The highest BCUT2D eigenvalue weighted by atomic mass is 32.1. The van der Waals surface area contributed by atoms with E-state index in [0.717, 1.165) is 5.69 Å². The molecule has 1 N–H and O–H groups in total. The van der Waals surface area contributed by atoms with Gasteiger partial charge in [0.25, 0.3) is 5.91 Å². The van der Waals surface area contributed by atoms with E-state index < -0.39 is 0 Å². The maximum atomic E-state index is 12.5. The number of nitrogens with zero attached hydrogens (tertiary/aromatic N) is 5. The molecule has 1 aliphatic rings. The van der Waals surface area contributed by atoms with Crippen molar-refractivity contribution in [2.75, 3.05) is 4.90 Å². The minimum absolute atomic E-state index is 0.207. The summed E-state index contributed by atoms with van der Waals surface area (Å²) in [4.78, 5) is 14.0. The Balaban J connectivity index is 1.96. The van der Waals surface area contributed by atoms with Gasteiger partial charge < -0.3 is 5.32 Å². The average Bonchev–Trinajstić information content (AvgIpc) is 3.02. The van der Waals surface area contributed by atoms with Crippen molar-refractivity contribution in [1.82, 2.24) is 24.9 Å². The predicted molar refractivity (Wildman–Crippen MR) is 82.3 cm³/mol. The first-order valence-electron chi connectivity index (χ1n) is 6.33. The number of thiocarbonyl (C=S) groups is 1. The fraction of sp³-hybridized carbons (Fsp3) is 0.231. The van der Waals surface area contributed by atoms with Crippen LogP contribution in [-0.2, 0) is 18.9 Å². The van der Waals surface area contributed by atoms with E-state index in [0.29, 0.717) is 22.2 Å². The van der Waals surface area contributed by atoms with Crippen molar-refractivity contribution in [1.29, 1.82) is 0 Å². The first kappa shape index (κ1) is 13.5. The molecule has 3 heterocycles. The molecule has 0 spiro atoms. The van der Waals surface area contributed by atoms with Gasteiger partial charge in [-0.1, -0.05) is 0 Å². The van der Waals surface area contributed by atoms with Crippen LogP contribution in [-0.4, -0.2) is 30.6 Å². The summed E-state index contributed by atoms with van der Waals surface area (Å²) in [5.41, 5.74) is 2.53. The van der Waals surface area contributed by atoms with Gasteiger partial charge in [0, 0.05) is 26.5 Å². The molecule has 0 atom stereocenters. The molecule has 7 nitrogen and oxygen atoms in total. The quantitative estimate of drug-likeness (QED) is 0.654. The molecule has 1 fully saturated rings. The SMILES string of the molecule is Cc1nn(C)cc1N1C(=O)/C(=C\c2ccn(C)n2)NC1=S. The van der Waals surface area contributed by atoms with Gasteiger partial charge in [0.05, 0.1) is 17.1 Å². The van der Waals surface area contributed by atoms with Crippen LogP contribution in [0.3, 0.4) is 0 Å². The molecule has 0 radical (unpaired) electrons. The lowest BCUT2D eigenvalue weighted by atomic mass is 10.3. The summed E-state index contributed by atoms with van der Waals surface area (Å²) in [7, 11) is 3.63. The van der Waals surface area contributed by atoms with E-state index in [2.05, 4.69) is 15.5 Å². The number of aryl methyl sites for hydroxylation is 3. The second-order valence-corrected chi connectivity index (χ2v) is 5.20. The zero-order chi connectivity index (χ0) is 15.1. The lowest BCUT2D eigenvalue weighted by Gasteiger charge is -2.11. The topological polar surface area (TPSA) is 68.0 Å². The number of carbonyl (C=O) groups excluding carboxylic acids is 1. The largest absolute Gasteiger partial charge is 0.327 e. The zero-order valence-electron chi connectivity index (χ0n) is 11.9. The Labute approximate surface area is 126 Å². The van der Waals surface area contributed by atoms with Gasteiger partial charge in [-0.25, -0.2) is 4.90 Å². The fourth-order valence-electron chi connectivity index (χ4n) is 2.22. The molecule has 0 unspecified atom stereocenters. The molecule has 21 heavy (non-hydrogen) atoms. The highest BCUT2D eigenvalue weighted by Gasteiger charge is 2.34. The Bertz CT molecular complexity index is 771. The van der Waals surface area contributed by atoms with Gasteiger partial charge in [-0.3, -0.25) is 14.2 Å². The maximum Gasteiger partial charge on any atom is 0.281 e. The number of aromatic nitrogens is 4. The molecule has 2 aromatic rings. The molecule has 3 rings (SSSR count). The second kappa shape index (κ2) is 4.81. The van der Waals surface area contributed by atoms with Crippen molar-refractivity contribution in [2.24, 2.45) is 14.1 Å². The summed E-state index contributed by atoms with van der Waals surface area (Å²) < 4.78 is 3.33. The molecule has 1 saturated heterocycles. The number of hydrogen-bond acceptors (Lipinski definition) is 4. The van der Waals surface area contributed by atoms with Crippen LogP contribution >= 0.6 is 12.2 Å². The maximum absolute atomic E-state index is 12.5. The van der Waals surface area contributed by atoms with Crippen molar-refractivity contribution >= 4 is 35.0 Å². The first-order chi connectivity index (χ1) is 9.95. The van der Waals surface area contributed by atoms with Gasteiger partial charge in [-0.2, -0.15) is 10.2 Å². The molecular formula is C13H14N6OS. The summed E-state index contributed by atoms with van der Waals surface area (Å²) in [5.74, 6) is -0.207. The van der Waals surface area contributed by atoms with Crippen LogP contribution in [0.15, 0.2) is 24.2 Å². The standard InChI is InChI=1S/C13H14N6OS/c1-8-11(7-18(3)15-8)19-12(20)10(14-13(19)21)6-9-4-5-17(2)16-9/h4-7H,1-3H3,(H,14,21)/b10-6+. The van der Waals surface area contributed by atoms with Gasteiger partial charge in [0.1, 0.15) is 5.70 Å². The molecule has 108 valence electrons. The van der Waals surface area contributed by atoms with E-state index in [1.54, 1.807) is 28.7 Å². The van der Waals surface area contributed by atoms with E-state index in [9.17, 15) is 4.79 Å². The third-order valence-electron chi connectivity index (χ3n) is 3.13. The summed E-state index contributed by atoms with van der Waals surface area (Å²) in [5, 5.41) is 11.7. The Morgan fingerprint density at radius 1 is 1.29 bits per heavy atom. The summed E-state index contributed by atoms with van der Waals surface area (Å²) in [6.45, 7) is 1.84. The lowest BCUT2D eigenvalue weighted by molar-refractivity contribution is -0.113. The van der Waals surface area contributed by atoms with E-state index >= 15 is 0 Å². The first-order valence-corrected chi connectivity index (χ1v) is 6.73. The van der Waals surface area contributed by atoms with Crippen LogP contribution in [0.1, 0.15) is 11.4 Å². The smallest absolute Gasteiger partial charge is 0.281 e. The Morgan fingerprint density at radius 2 is 2.05 bits per heavy atom. The zero-order valence-corrected chi connectivity index (χ0v) is 12.7.